The van der Waals surface area contributed by atoms with E-state index in [1.54, 1.807) is 49.4 Å². The van der Waals surface area contributed by atoms with E-state index in [1.807, 2.05) is 17.5 Å². The highest BCUT2D eigenvalue weighted by molar-refractivity contribution is 7.10. The minimum Gasteiger partial charge on any atom is -0.478 e. The number of carbonyl (C=O) groups excluding carboxylic acids is 1. The minimum absolute atomic E-state index is 0.0685. The monoisotopic (exact) mass is 383 g/mol. The van der Waals surface area contributed by atoms with Crippen molar-refractivity contribution in [1.82, 2.24) is 5.32 Å². The topological polar surface area (TPSA) is 67.8 Å². The van der Waals surface area contributed by atoms with E-state index in [2.05, 4.69) is 5.32 Å². The van der Waals surface area contributed by atoms with Gasteiger partial charge in [0.1, 0.15) is 11.9 Å². The summed E-state index contributed by atoms with van der Waals surface area (Å²) in [6.07, 6.45) is -0.303. The van der Waals surface area contributed by atoms with Crippen LogP contribution in [0.15, 0.2) is 41.8 Å². The van der Waals surface area contributed by atoms with Gasteiger partial charge in [-0.25, -0.2) is 0 Å². The second-order valence-corrected chi connectivity index (χ2v) is 7.29. The number of aliphatic hydroxyl groups is 1. The maximum absolute atomic E-state index is 12.5. The Kier molecular flexibility index (Phi) is 7.25. The Labute approximate surface area is 156 Å². The van der Waals surface area contributed by atoms with Gasteiger partial charge in [0.25, 0.3) is 5.91 Å². The fourth-order valence-corrected chi connectivity index (χ4v) is 3.05. The Morgan fingerprint density at radius 2 is 2.04 bits per heavy atom. The van der Waals surface area contributed by atoms with E-state index in [-0.39, 0.29) is 25.2 Å². The second-order valence-electron chi connectivity index (χ2n) is 5.87. The lowest BCUT2D eigenvalue weighted by Gasteiger charge is -2.26. The molecule has 0 spiro atoms. The molecule has 7 heteroatoms. The van der Waals surface area contributed by atoms with Crippen LogP contribution in [0.4, 0.5) is 0 Å². The van der Waals surface area contributed by atoms with Crippen molar-refractivity contribution in [2.45, 2.75) is 25.6 Å². The number of halogens is 1. The summed E-state index contributed by atoms with van der Waals surface area (Å²) in [4.78, 5) is 13.5. The van der Waals surface area contributed by atoms with E-state index in [0.29, 0.717) is 17.3 Å². The Hall–Kier alpha value is -1.60. The summed E-state index contributed by atoms with van der Waals surface area (Å²) in [5.74, 6) is 0.312. The van der Waals surface area contributed by atoms with Gasteiger partial charge in [-0.1, -0.05) is 17.7 Å². The molecule has 0 aliphatic heterocycles. The first-order valence-electron chi connectivity index (χ1n) is 7.91. The number of aliphatic hydroxyl groups excluding tert-OH is 1. The van der Waals surface area contributed by atoms with Crippen LogP contribution in [0.25, 0.3) is 0 Å². The van der Waals surface area contributed by atoms with Gasteiger partial charge in [0.05, 0.1) is 13.2 Å². The Bertz CT molecular complexity index is 658. The molecule has 2 aromatic rings. The van der Waals surface area contributed by atoms with E-state index in [0.717, 1.165) is 4.88 Å². The molecule has 1 aromatic carbocycles. The van der Waals surface area contributed by atoms with Gasteiger partial charge in [-0.15, -0.1) is 11.3 Å². The zero-order chi connectivity index (χ0) is 18.3. The van der Waals surface area contributed by atoms with Gasteiger partial charge in [0.15, 0.2) is 5.60 Å². The summed E-state index contributed by atoms with van der Waals surface area (Å²) < 4.78 is 11.4. The van der Waals surface area contributed by atoms with Crippen LogP contribution >= 0.6 is 22.9 Å². The van der Waals surface area contributed by atoms with Crippen molar-refractivity contribution in [2.75, 3.05) is 19.8 Å². The first-order chi connectivity index (χ1) is 11.9. The number of hydrogen-bond donors (Lipinski definition) is 2. The van der Waals surface area contributed by atoms with Crippen LogP contribution in [0, 0.1) is 0 Å². The molecule has 0 bridgehead atoms. The lowest BCUT2D eigenvalue weighted by molar-refractivity contribution is -0.134. The van der Waals surface area contributed by atoms with E-state index >= 15 is 0 Å². The quantitative estimate of drug-likeness (QED) is 0.696. The highest BCUT2D eigenvalue weighted by atomic mass is 35.5. The summed E-state index contributed by atoms with van der Waals surface area (Å²) in [6.45, 7) is 3.84. The van der Waals surface area contributed by atoms with Crippen molar-refractivity contribution >= 4 is 28.8 Å². The number of ether oxygens (including phenoxy) is 2. The summed E-state index contributed by atoms with van der Waals surface area (Å²) >= 11 is 7.40. The first-order valence-corrected chi connectivity index (χ1v) is 9.17. The molecule has 1 aromatic heterocycles. The number of benzene rings is 1. The van der Waals surface area contributed by atoms with Crippen molar-refractivity contribution in [1.29, 1.82) is 0 Å². The molecule has 1 amide bonds. The molecule has 1 heterocycles. The van der Waals surface area contributed by atoms with Gasteiger partial charge < -0.3 is 19.9 Å². The fourth-order valence-electron chi connectivity index (χ4n) is 2.15. The number of hydrogen-bond acceptors (Lipinski definition) is 5. The number of thiophene rings is 1. The van der Waals surface area contributed by atoms with Crippen molar-refractivity contribution < 1.29 is 19.4 Å². The fraction of sp³-hybridized carbons (Fsp3) is 0.389. The minimum atomic E-state index is -1.05. The van der Waals surface area contributed by atoms with E-state index in [4.69, 9.17) is 26.2 Å². The predicted octanol–water partition coefficient (Wildman–Crippen LogP) is 3.43. The predicted molar refractivity (Wildman–Crippen MR) is 99.3 cm³/mol. The number of rotatable bonds is 9. The molecular formula is C18H22ClNO4S. The maximum Gasteiger partial charge on any atom is 0.263 e. The van der Waals surface area contributed by atoms with Crippen molar-refractivity contribution in [3.63, 3.8) is 0 Å². The van der Waals surface area contributed by atoms with E-state index in [1.165, 1.54) is 0 Å². The third kappa shape index (κ3) is 6.01. The highest BCUT2D eigenvalue weighted by Gasteiger charge is 2.30. The SMILES string of the molecule is CC(C)(Oc1ccc(Cl)cc1)C(=O)NC[C@H](OCCO)c1cccs1. The largest absolute Gasteiger partial charge is 0.478 e. The molecule has 1 atom stereocenters. The van der Waals surface area contributed by atoms with Gasteiger partial charge in [0.2, 0.25) is 0 Å². The molecular weight excluding hydrogens is 362 g/mol. The lowest BCUT2D eigenvalue weighted by atomic mass is 10.1. The molecule has 0 aliphatic rings. The molecule has 0 radical (unpaired) electrons. The Balaban J connectivity index is 1.95. The third-order valence-electron chi connectivity index (χ3n) is 3.45. The first kappa shape index (κ1) is 19.7. The average molecular weight is 384 g/mol. The number of amides is 1. The van der Waals surface area contributed by atoms with Crippen molar-refractivity contribution in [2.24, 2.45) is 0 Å². The van der Waals surface area contributed by atoms with Crippen LogP contribution in [-0.4, -0.2) is 36.4 Å². The molecule has 2 rings (SSSR count). The van der Waals surface area contributed by atoms with Gasteiger partial charge >= 0.3 is 0 Å². The molecule has 0 saturated heterocycles. The molecule has 2 N–H and O–H groups in total. The molecule has 0 fully saturated rings. The van der Waals surface area contributed by atoms with Crippen LogP contribution in [-0.2, 0) is 9.53 Å². The molecule has 25 heavy (non-hydrogen) atoms. The molecule has 0 saturated carbocycles. The maximum atomic E-state index is 12.5. The summed E-state index contributed by atoms with van der Waals surface area (Å²) in [6, 6.07) is 10.7. The van der Waals surface area contributed by atoms with Crippen LogP contribution in [0.3, 0.4) is 0 Å². The Morgan fingerprint density at radius 3 is 2.64 bits per heavy atom. The molecule has 0 unspecified atom stereocenters. The van der Waals surface area contributed by atoms with Gasteiger partial charge in [0, 0.05) is 16.4 Å². The third-order valence-corrected chi connectivity index (χ3v) is 4.67. The van der Waals surface area contributed by atoms with E-state index in [9.17, 15) is 4.79 Å². The average Bonchev–Trinajstić information content (AvgIpc) is 3.11. The smallest absolute Gasteiger partial charge is 0.263 e. The molecule has 0 aliphatic carbocycles. The van der Waals surface area contributed by atoms with Gasteiger partial charge in [-0.05, 0) is 49.6 Å². The van der Waals surface area contributed by atoms with Crippen LogP contribution in [0.5, 0.6) is 5.75 Å². The summed E-state index contributed by atoms with van der Waals surface area (Å²) in [5, 5.41) is 14.4. The van der Waals surface area contributed by atoms with Crippen molar-refractivity contribution in [3.8, 4) is 5.75 Å². The van der Waals surface area contributed by atoms with Gasteiger partial charge in [-0.3, -0.25) is 4.79 Å². The molecule has 136 valence electrons. The summed E-state index contributed by atoms with van der Waals surface area (Å²) in [5.41, 5.74) is -1.05. The van der Waals surface area contributed by atoms with Crippen molar-refractivity contribution in [3.05, 3.63) is 51.7 Å². The number of nitrogens with one attached hydrogen (secondary N) is 1. The lowest BCUT2D eigenvalue weighted by Crippen LogP contribution is -2.47. The highest BCUT2D eigenvalue weighted by Crippen LogP contribution is 2.23. The normalized spacial score (nSPS) is 12.6. The molecule has 5 nitrogen and oxygen atoms in total. The summed E-state index contributed by atoms with van der Waals surface area (Å²) in [7, 11) is 0. The zero-order valence-corrected chi connectivity index (χ0v) is 15.8. The van der Waals surface area contributed by atoms with Crippen LogP contribution < -0.4 is 10.1 Å². The van der Waals surface area contributed by atoms with Crippen LogP contribution in [0.1, 0.15) is 24.8 Å². The Morgan fingerprint density at radius 1 is 1.32 bits per heavy atom. The number of carbonyl (C=O) groups is 1. The van der Waals surface area contributed by atoms with Crippen LogP contribution in [0.2, 0.25) is 5.02 Å². The standard InChI is InChI=1S/C18H22ClNO4S/c1-18(2,24-14-7-5-13(19)6-8-14)17(22)20-12-15(23-10-9-21)16-4-3-11-25-16/h3-8,11,15,21H,9-10,12H2,1-2H3,(H,20,22)/t15-/m0/s1. The van der Waals surface area contributed by atoms with E-state index < -0.39 is 5.60 Å². The zero-order valence-electron chi connectivity index (χ0n) is 14.2. The van der Waals surface area contributed by atoms with Gasteiger partial charge in [-0.2, -0.15) is 0 Å². The second kappa shape index (κ2) is 9.20.